The van der Waals surface area contributed by atoms with Gasteiger partial charge in [-0.2, -0.15) is 0 Å². The molecule has 2 aromatic rings. The lowest BCUT2D eigenvalue weighted by molar-refractivity contribution is -0.116. The Bertz CT molecular complexity index is 950. The molecule has 0 unspecified atom stereocenters. The molecular formula is C19H21N3O3S. The number of nitrogens with one attached hydrogen (secondary N) is 2. The largest absolute Gasteiger partial charge is 0.382 e. The highest BCUT2D eigenvalue weighted by Gasteiger charge is 2.25. The highest BCUT2D eigenvalue weighted by molar-refractivity contribution is 7.92. The van der Waals surface area contributed by atoms with Crippen molar-refractivity contribution in [2.45, 2.75) is 37.1 Å². The minimum atomic E-state index is -3.67. The zero-order valence-electron chi connectivity index (χ0n) is 14.5. The zero-order chi connectivity index (χ0) is 18.3. The number of rotatable bonds is 5. The van der Waals surface area contributed by atoms with E-state index in [0.717, 1.165) is 16.9 Å². The molecule has 1 heterocycles. The summed E-state index contributed by atoms with van der Waals surface area (Å²) in [4.78, 5) is 13.5. The average molecular weight is 371 g/mol. The Hall–Kier alpha value is -2.54. The van der Waals surface area contributed by atoms with Crippen molar-refractivity contribution in [2.24, 2.45) is 0 Å². The molecular weight excluding hydrogens is 350 g/mol. The smallest absolute Gasteiger partial charge is 0.261 e. The first-order chi connectivity index (χ1) is 12.4. The molecule has 0 atom stereocenters. The molecule has 1 aliphatic heterocycles. The van der Waals surface area contributed by atoms with Gasteiger partial charge in [0.15, 0.2) is 0 Å². The SMILES string of the molecule is CC(=O)N1CCc2cc(S(=O)(=O)Nc3ccc(NC4CC4)cc3)ccc21. The van der Waals surface area contributed by atoms with E-state index in [4.69, 9.17) is 0 Å². The van der Waals surface area contributed by atoms with Crippen molar-refractivity contribution in [3.05, 3.63) is 48.0 Å². The molecule has 0 radical (unpaired) electrons. The number of amides is 1. The monoisotopic (exact) mass is 371 g/mol. The average Bonchev–Trinajstić information content (AvgIpc) is 3.31. The quantitative estimate of drug-likeness (QED) is 0.847. The van der Waals surface area contributed by atoms with E-state index in [1.807, 2.05) is 12.1 Å². The molecule has 2 aromatic carbocycles. The Balaban J connectivity index is 1.52. The van der Waals surface area contributed by atoms with Crippen LogP contribution in [0.4, 0.5) is 17.1 Å². The molecule has 1 aliphatic carbocycles. The number of fused-ring (bicyclic) bond motifs is 1. The van der Waals surface area contributed by atoms with Crippen LogP contribution in [0.3, 0.4) is 0 Å². The highest BCUT2D eigenvalue weighted by Crippen LogP contribution is 2.31. The van der Waals surface area contributed by atoms with Crippen LogP contribution < -0.4 is 14.9 Å². The second kappa shape index (κ2) is 6.32. The van der Waals surface area contributed by atoms with Gasteiger partial charge < -0.3 is 10.2 Å². The maximum absolute atomic E-state index is 12.7. The van der Waals surface area contributed by atoms with Gasteiger partial charge in [-0.15, -0.1) is 0 Å². The van der Waals surface area contributed by atoms with Crippen molar-refractivity contribution in [1.29, 1.82) is 0 Å². The van der Waals surface area contributed by atoms with Gasteiger partial charge in [-0.25, -0.2) is 8.42 Å². The van der Waals surface area contributed by atoms with Crippen LogP contribution in [0.2, 0.25) is 0 Å². The van der Waals surface area contributed by atoms with Crippen LogP contribution >= 0.6 is 0 Å². The summed E-state index contributed by atoms with van der Waals surface area (Å²) in [6, 6.07) is 12.7. The second-order valence-electron chi connectivity index (χ2n) is 6.81. The van der Waals surface area contributed by atoms with Crippen LogP contribution in [0.5, 0.6) is 0 Å². The molecule has 6 nitrogen and oxygen atoms in total. The number of anilines is 3. The molecule has 0 bridgehead atoms. The molecule has 26 heavy (non-hydrogen) atoms. The van der Waals surface area contributed by atoms with Gasteiger partial charge in [0.05, 0.1) is 4.90 Å². The Morgan fingerprint density at radius 2 is 1.77 bits per heavy atom. The third-order valence-corrected chi connectivity index (χ3v) is 6.10. The van der Waals surface area contributed by atoms with Crippen LogP contribution in [0, 0.1) is 0 Å². The van der Waals surface area contributed by atoms with Crippen molar-refractivity contribution >= 4 is 33.0 Å². The summed E-state index contributed by atoms with van der Waals surface area (Å²) >= 11 is 0. The van der Waals surface area contributed by atoms with Crippen molar-refractivity contribution < 1.29 is 13.2 Å². The van der Waals surface area contributed by atoms with Crippen LogP contribution in [-0.2, 0) is 21.2 Å². The number of carbonyl (C=O) groups excluding carboxylic acids is 1. The number of hydrogen-bond donors (Lipinski definition) is 2. The van der Waals surface area contributed by atoms with E-state index in [0.29, 0.717) is 24.7 Å². The summed E-state index contributed by atoms with van der Waals surface area (Å²) in [7, 11) is -3.67. The fourth-order valence-electron chi connectivity index (χ4n) is 3.18. The van der Waals surface area contributed by atoms with Gasteiger partial charge in [0.25, 0.3) is 10.0 Å². The molecule has 2 N–H and O–H groups in total. The normalized spacial score (nSPS) is 16.3. The number of nitrogens with zero attached hydrogens (tertiary/aromatic N) is 1. The Morgan fingerprint density at radius 1 is 1.08 bits per heavy atom. The van der Waals surface area contributed by atoms with Crippen molar-refractivity contribution in [3.8, 4) is 0 Å². The molecule has 0 spiro atoms. The van der Waals surface area contributed by atoms with E-state index in [9.17, 15) is 13.2 Å². The van der Waals surface area contributed by atoms with Crippen molar-refractivity contribution in [2.75, 3.05) is 21.5 Å². The minimum absolute atomic E-state index is 0.0302. The van der Waals surface area contributed by atoms with Crippen LogP contribution in [0.1, 0.15) is 25.3 Å². The van der Waals surface area contributed by atoms with Gasteiger partial charge >= 0.3 is 0 Å². The molecule has 0 saturated heterocycles. The number of hydrogen-bond acceptors (Lipinski definition) is 4. The lowest BCUT2D eigenvalue weighted by atomic mass is 10.2. The molecule has 1 fully saturated rings. The summed E-state index contributed by atoms with van der Waals surface area (Å²) in [6.45, 7) is 2.11. The van der Waals surface area contributed by atoms with Crippen LogP contribution in [0.15, 0.2) is 47.4 Å². The van der Waals surface area contributed by atoms with Crippen molar-refractivity contribution in [3.63, 3.8) is 0 Å². The van der Waals surface area contributed by atoms with E-state index in [-0.39, 0.29) is 10.8 Å². The van der Waals surface area contributed by atoms with Gasteiger partial charge in [-0.05, 0) is 67.3 Å². The van der Waals surface area contributed by atoms with E-state index < -0.39 is 10.0 Å². The maximum Gasteiger partial charge on any atom is 0.261 e. The summed E-state index contributed by atoms with van der Waals surface area (Å²) in [6.07, 6.45) is 3.04. The molecule has 0 aromatic heterocycles. The Morgan fingerprint density at radius 3 is 2.42 bits per heavy atom. The Kier molecular flexibility index (Phi) is 4.11. The fourth-order valence-corrected chi connectivity index (χ4v) is 4.29. The fraction of sp³-hybridized carbons (Fsp3) is 0.316. The van der Waals surface area contributed by atoms with Crippen LogP contribution in [0.25, 0.3) is 0 Å². The van der Waals surface area contributed by atoms with Gasteiger partial charge in [-0.3, -0.25) is 9.52 Å². The van der Waals surface area contributed by atoms with Crippen molar-refractivity contribution in [1.82, 2.24) is 0 Å². The molecule has 2 aliphatic rings. The highest BCUT2D eigenvalue weighted by atomic mass is 32.2. The lowest BCUT2D eigenvalue weighted by Crippen LogP contribution is -2.25. The predicted molar refractivity (Wildman–Crippen MR) is 102 cm³/mol. The summed E-state index contributed by atoms with van der Waals surface area (Å²) < 4.78 is 28.0. The third kappa shape index (κ3) is 3.39. The van der Waals surface area contributed by atoms with E-state index in [1.54, 1.807) is 35.2 Å². The van der Waals surface area contributed by atoms with Crippen LogP contribution in [-0.4, -0.2) is 26.9 Å². The second-order valence-corrected chi connectivity index (χ2v) is 8.50. The van der Waals surface area contributed by atoms with Gasteiger partial charge in [0, 0.05) is 36.6 Å². The third-order valence-electron chi connectivity index (χ3n) is 4.72. The number of benzene rings is 2. The van der Waals surface area contributed by atoms with Gasteiger partial charge in [-0.1, -0.05) is 0 Å². The first-order valence-corrected chi connectivity index (χ1v) is 10.2. The standard InChI is InChI=1S/C19H21N3O3S/c1-13(23)22-11-10-14-12-18(8-9-19(14)22)26(24,25)21-17-6-4-16(5-7-17)20-15-2-3-15/h4-9,12,15,20-21H,2-3,10-11H2,1H3. The predicted octanol–water partition coefficient (Wildman–Crippen LogP) is 2.97. The Labute approximate surface area is 153 Å². The maximum atomic E-state index is 12.7. The molecule has 4 rings (SSSR count). The summed E-state index contributed by atoms with van der Waals surface area (Å²) in [5.74, 6) is -0.0302. The van der Waals surface area contributed by atoms with E-state index >= 15 is 0 Å². The lowest BCUT2D eigenvalue weighted by Gasteiger charge is -2.15. The topological polar surface area (TPSA) is 78.5 Å². The molecule has 1 saturated carbocycles. The molecule has 1 amide bonds. The number of sulfonamides is 1. The zero-order valence-corrected chi connectivity index (χ0v) is 15.3. The first-order valence-electron chi connectivity index (χ1n) is 8.73. The van der Waals surface area contributed by atoms with E-state index in [1.165, 1.54) is 19.8 Å². The summed E-state index contributed by atoms with van der Waals surface area (Å²) in [5, 5.41) is 3.37. The van der Waals surface area contributed by atoms with E-state index in [2.05, 4.69) is 10.0 Å². The summed E-state index contributed by atoms with van der Waals surface area (Å²) in [5.41, 5.74) is 3.20. The van der Waals surface area contributed by atoms with Gasteiger partial charge in [0.1, 0.15) is 0 Å². The number of carbonyl (C=O) groups is 1. The molecule has 7 heteroatoms. The first kappa shape index (κ1) is 16.9. The van der Waals surface area contributed by atoms with Gasteiger partial charge in [0.2, 0.25) is 5.91 Å². The minimum Gasteiger partial charge on any atom is -0.382 e. The molecule has 136 valence electrons.